The van der Waals surface area contributed by atoms with Gasteiger partial charge in [0, 0.05) is 33.0 Å². The third-order valence-electron chi connectivity index (χ3n) is 5.62. The van der Waals surface area contributed by atoms with E-state index in [1.807, 2.05) is 6.07 Å². The van der Waals surface area contributed by atoms with Crippen LogP contribution in [0.4, 0.5) is 4.39 Å². The maximum Gasteiger partial charge on any atom is 0.123 e. The number of hydrogen-bond donors (Lipinski definition) is 1. The number of fused-ring (bicyclic) bond motifs is 2. The zero-order valence-electron chi connectivity index (χ0n) is 15.5. The number of benzene rings is 2. The van der Waals surface area contributed by atoms with Gasteiger partial charge in [0.15, 0.2) is 0 Å². The highest BCUT2D eigenvalue weighted by atomic mass is 127. The molecule has 2 aliphatic heterocycles. The first-order valence-electron chi connectivity index (χ1n) is 9.64. The van der Waals surface area contributed by atoms with Crippen molar-refractivity contribution in [3.63, 3.8) is 0 Å². The van der Waals surface area contributed by atoms with Gasteiger partial charge in [-0.05, 0) is 101 Å². The lowest BCUT2D eigenvalue weighted by Gasteiger charge is -2.25. The summed E-state index contributed by atoms with van der Waals surface area (Å²) in [6, 6.07) is 11.9. The fourth-order valence-corrected chi connectivity index (χ4v) is 6.06. The summed E-state index contributed by atoms with van der Waals surface area (Å²) < 4.78 is 15.1. The fourth-order valence-electron chi connectivity index (χ4n) is 4.42. The Kier molecular flexibility index (Phi) is 6.12. The Hall–Kier alpha value is -0.630. The maximum absolute atomic E-state index is 13.9. The Balaban J connectivity index is 1.58. The number of aliphatic hydroxyl groups excluding tert-OH is 1. The molecular weight excluding hydrogens is 472 g/mol. The Bertz CT molecular complexity index is 830. The van der Waals surface area contributed by atoms with E-state index in [0.717, 1.165) is 44.5 Å². The van der Waals surface area contributed by atoms with Crippen LogP contribution in [-0.2, 0) is 6.42 Å². The van der Waals surface area contributed by atoms with Crippen molar-refractivity contribution >= 4 is 34.4 Å². The number of aliphatic hydroxyl groups is 1. The van der Waals surface area contributed by atoms with Gasteiger partial charge in [0.25, 0.3) is 0 Å². The van der Waals surface area contributed by atoms with Crippen molar-refractivity contribution < 1.29 is 9.50 Å². The van der Waals surface area contributed by atoms with Crippen LogP contribution in [0.5, 0.6) is 0 Å². The lowest BCUT2D eigenvalue weighted by molar-refractivity contribution is 0.169. The number of halogens is 2. The summed E-state index contributed by atoms with van der Waals surface area (Å²) in [4.78, 5) is 4.86. The highest BCUT2D eigenvalue weighted by Gasteiger charge is 2.27. The van der Waals surface area contributed by atoms with Crippen LogP contribution in [0, 0.1) is 15.3 Å². The van der Waals surface area contributed by atoms with Crippen LogP contribution in [0.2, 0.25) is 0 Å². The van der Waals surface area contributed by atoms with Gasteiger partial charge >= 0.3 is 0 Å². The van der Waals surface area contributed by atoms with Crippen LogP contribution in [0.1, 0.15) is 36.8 Å². The molecule has 0 amide bonds. The first kappa shape index (κ1) is 19.7. The van der Waals surface area contributed by atoms with Crippen molar-refractivity contribution in [1.82, 2.24) is 4.90 Å². The van der Waals surface area contributed by atoms with Crippen molar-refractivity contribution in [2.45, 2.75) is 48.0 Å². The first-order valence-corrected chi connectivity index (χ1v) is 11.5. The summed E-state index contributed by atoms with van der Waals surface area (Å²) >= 11 is 4.16. The zero-order valence-corrected chi connectivity index (χ0v) is 18.5. The minimum absolute atomic E-state index is 0.146. The largest absolute Gasteiger partial charge is 0.392 e. The molecule has 0 aromatic heterocycles. The third kappa shape index (κ3) is 4.69. The Morgan fingerprint density at radius 3 is 2.85 bits per heavy atom. The second kappa shape index (κ2) is 8.39. The van der Waals surface area contributed by atoms with Gasteiger partial charge in [-0.25, -0.2) is 4.39 Å². The molecule has 2 nitrogen and oxygen atoms in total. The van der Waals surface area contributed by atoms with Gasteiger partial charge in [-0.1, -0.05) is 18.7 Å². The molecule has 3 atom stereocenters. The SMILES string of the molecule is C[C@@H](C[C@H]1Cc2cc(F)ccc2Sc2ccc(I)cc21)CN1CCC(O)C1. The molecule has 1 saturated heterocycles. The molecule has 1 fully saturated rings. The second-order valence-electron chi connectivity index (χ2n) is 7.98. The summed E-state index contributed by atoms with van der Waals surface area (Å²) in [6.07, 6.45) is 2.69. The van der Waals surface area contributed by atoms with E-state index in [0.29, 0.717) is 11.8 Å². The monoisotopic (exact) mass is 497 g/mol. The molecule has 4 rings (SSSR count). The summed E-state index contributed by atoms with van der Waals surface area (Å²) in [5, 5.41) is 9.79. The highest BCUT2D eigenvalue weighted by molar-refractivity contribution is 14.1. The van der Waals surface area contributed by atoms with E-state index in [2.05, 4.69) is 52.6 Å². The predicted molar refractivity (Wildman–Crippen MR) is 117 cm³/mol. The molecule has 0 radical (unpaired) electrons. The van der Waals surface area contributed by atoms with E-state index in [9.17, 15) is 9.50 Å². The summed E-state index contributed by atoms with van der Waals surface area (Å²) in [6.45, 7) is 5.13. The Morgan fingerprint density at radius 2 is 2.07 bits per heavy atom. The molecule has 0 aliphatic carbocycles. The predicted octanol–water partition coefficient (Wildman–Crippen LogP) is 5.31. The molecule has 27 heavy (non-hydrogen) atoms. The number of likely N-dealkylation sites (tertiary alicyclic amines) is 1. The summed E-state index contributed by atoms with van der Waals surface area (Å²) in [5.74, 6) is 0.784. The number of β-amino-alcohol motifs (C(OH)–C–C–N with tert-alkyl or cyclic N) is 1. The van der Waals surface area contributed by atoms with Crippen molar-refractivity contribution in [1.29, 1.82) is 0 Å². The van der Waals surface area contributed by atoms with E-state index in [-0.39, 0.29) is 11.9 Å². The average Bonchev–Trinajstić information content (AvgIpc) is 2.95. The minimum atomic E-state index is -0.163. The van der Waals surface area contributed by atoms with Crippen molar-refractivity contribution in [2.24, 2.45) is 5.92 Å². The van der Waals surface area contributed by atoms with E-state index >= 15 is 0 Å². The van der Waals surface area contributed by atoms with Crippen LogP contribution in [0.25, 0.3) is 0 Å². The maximum atomic E-state index is 13.9. The number of rotatable bonds is 4. The smallest absolute Gasteiger partial charge is 0.123 e. The van der Waals surface area contributed by atoms with E-state index < -0.39 is 0 Å². The molecule has 144 valence electrons. The molecule has 1 unspecified atom stereocenters. The van der Waals surface area contributed by atoms with Gasteiger partial charge < -0.3 is 10.0 Å². The van der Waals surface area contributed by atoms with Crippen LogP contribution in [0.15, 0.2) is 46.2 Å². The molecule has 0 bridgehead atoms. The van der Waals surface area contributed by atoms with Crippen LogP contribution in [0.3, 0.4) is 0 Å². The summed E-state index contributed by atoms with van der Waals surface area (Å²) in [5.41, 5.74) is 2.52. The minimum Gasteiger partial charge on any atom is -0.392 e. The number of nitrogens with zero attached hydrogens (tertiary/aromatic N) is 1. The van der Waals surface area contributed by atoms with Gasteiger partial charge in [0.2, 0.25) is 0 Å². The van der Waals surface area contributed by atoms with Crippen LogP contribution in [-0.4, -0.2) is 35.7 Å². The summed E-state index contributed by atoms with van der Waals surface area (Å²) in [7, 11) is 0. The lowest BCUT2D eigenvalue weighted by Crippen LogP contribution is -2.28. The molecule has 5 heteroatoms. The van der Waals surface area contributed by atoms with Gasteiger partial charge in [-0.2, -0.15) is 0 Å². The van der Waals surface area contributed by atoms with Gasteiger partial charge in [0.05, 0.1) is 6.10 Å². The quantitative estimate of drug-likeness (QED) is 0.579. The van der Waals surface area contributed by atoms with Crippen molar-refractivity contribution in [3.8, 4) is 0 Å². The molecule has 2 aliphatic rings. The molecule has 2 aromatic carbocycles. The molecule has 2 aromatic rings. The van der Waals surface area contributed by atoms with Crippen molar-refractivity contribution in [2.75, 3.05) is 19.6 Å². The molecule has 0 spiro atoms. The fraction of sp³-hybridized carbons (Fsp3) is 0.455. The van der Waals surface area contributed by atoms with Gasteiger partial charge in [0.1, 0.15) is 5.82 Å². The van der Waals surface area contributed by atoms with Crippen molar-refractivity contribution in [3.05, 3.63) is 56.9 Å². The Morgan fingerprint density at radius 1 is 1.26 bits per heavy atom. The average molecular weight is 497 g/mol. The normalized spacial score (nSPS) is 23.6. The number of hydrogen-bond acceptors (Lipinski definition) is 3. The molecule has 0 saturated carbocycles. The van der Waals surface area contributed by atoms with Crippen LogP contribution < -0.4 is 0 Å². The molecule has 1 N–H and O–H groups in total. The van der Waals surface area contributed by atoms with Gasteiger partial charge in [-0.3, -0.25) is 0 Å². The van der Waals surface area contributed by atoms with Gasteiger partial charge in [-0.15, -0.1) is 0 Å². The Labute approximate surface area is 178 Å². The standard InChI is InChI=1S/C22H25FINOS/c1-14(12-25-7-6-19(26)13-25)8-15-9-16-10-17(23)2-4-21(16)27-22-5-3-18(24)11-20(15)22/h2-5,10-11,14-15,19,26H,6-9,12-13H2,1H3/t14-,15-,19?/m0/s1. The van der Waals surface area contributed by atoms with E-state index in [1.54, 1.807) is 23.9 Å². The first-order chi connectivity index (χ1) is 13.0. The van der Waals surface area contributed by atoms with Crippen LogP contribution >= 0.6 is 34.4 Å². The molecular formula is C22H25FINOS. The van der Waals surface area contributed by atoms with E-state index in [4.69, 9.17) is 0 Å². The zero-order chi connectivity index (χ0) is 19.0. The third-order valence-corrected chi connectivity index (χ3v) is 7.51. The topological polar surface area (TPSA) is 23.5 Å². The highest BCUT2D eigenvalue weighted by Crippen LogP contribution is 2.44. The van der Waals surface area contributed by atoms with E-state index in [1.165, 1.54) is 18.9 Å². The molecule has 2 heterocycles. The second-order valence-corrected chi connectivity index (χ2v) is 10.3. The lowest BCUT2D eigenvalue weighted by atomic mass is 9.84.